The number of nitrogens with two attached hydrogens (primary N) is 1. The lowest BCUT2D eigenvalue weighted by atomic mass is 10.1. The average molecular weight is 230 g/mol. The monoisotopic (exact) mass is 230 g/mol. The van der Waals surface area contributed by atoms with E-state index in [4.69, 9.17) is 5.73 Å². The molecule has 0 bridgehead atoms. The molecule has 1 saturated heterocycles. The van der Waals surface area contributed by atoms with Gasteiger partial charge in [-0.25, -0.2) is 0 Å². The van der Waals surface area contributed by atoms with Gasteiger partial charge in [-0.3, -0.25) is 4.79 Å². The molecule has 3 rings (SSSR count). The standard InChI is InChI=1S/C14H18N2O/c15-13-9-12(13)10-4-3-5-11(8-10)14(17)16-6-1-2-7-16/h3-5,8,12-13H,1-2,6-7,9,15H2. The smallest absolute Gasteiger partial charge is 0.253 e. The Labute approximate surface area is 102 Å². The molecule has 0 aromatic heterocycles. The zero-order valence-electron chi connectivity index (χ0n) is 9.93. The molecule has 1 saturated carbocycles. The van der Waals surface area contributed by atoms with Crippen molar-refractivity contribution in [3.05, 3.63) is 35.4 Å². The Bertz CT molecular complexity index is 438. The molecular weight excluding hydrogens is 212 g/mol. The number of benzene rings is 1. The number of hydrogen-bond acceptors (Lipinski definition) is 2. The van der Waals surface area contributed by atoms with E-state index in [-0.39, 0.29) is 5.91 Å². The predicted molar refractivity (Wildman–Crippen MR) is 66.9 cm³/mol. The van der Waals surface area contributed by atoms with Crippen molar-refractivity contribution in [2.45, 2.75) is 31.2 Å². The highest BCUT2D eigenvalue weighted by molar-refractivity contribution is 5.94. The molecular formula is C14H18N2O. The number of carbonyl (C=O) groups excluding carboxylic acids is 1. The number of likely N-dealkylation sites (tertiary alicyclic amines) is 1. The van der Waals surface area contributed by atoms with Gasteiger partial charge < -0.3 is 10.6 Å². The van der Waals surface area contributed by atoms with Crippen LogP contribution in [0.2, 0.25) is 0 Å². The summed E-state index contributed by atoms with van der Waals surface area (Å²) in [5.74, 6) is 0.653. The molecule has 2 fully saturated rings. The fourth-order valence-corrected chi connectivity index (χ4v) is 2.60. The van der Waals surface area contributed by atoms with Gasteiger partial charge in [0.1, 0.15) is 0 Å². The molecule has 1 aromatic carbocycles. The summed E-state index contributed by atoms with van der Waals surface area (Å²) in [5.41, 5.74) is 7.90. The molecule has 0 radical (unpaired) electrons. The second-order valence-electron chi connectivity index (χ2n) is 5.13. The van der Waals surface area contributed by atoms with Crippen LogP contribution in [-0.4, -0.2) is 29.9 Å². The van der Waals surface area contributed by atoms with Gasteiger partial charge in [-0.15, -0.1) is 0 Å². The Morgan fingerprint density at radius 1 is 1.29 bits per heavy atom. The minimum Gasteiger partial charge on any atom is -0.339 e. The molecule has 2 aliphatic rings. The lowest BCUT2D eigenvalue weighted by Crippen LogP contribution is -2.27. The summed E-state index contributed by atoms with van der Waals surface area (Å²) in [6.45, 7) is 1.82. The van der Waals surface area contributed by atoms with Crippen LogP contribution in [0.15, 0.2) is 24.3 Å². The molecule has 17 heavy (non-hydrogen) atoms. The first-order valence-electron chi connectivity index (χ1n) is 6.40. The second kappa shape index (κ2) is 4.15. The molecule has 1 aliphatic heterocycles. The fourth-order valence-electron chi connectivity index (χ4n) is 2.60. The summed E-state index contributed by atoms with van der Waals surface area (Å²) >= 11 is 0. The highest BCUT2D eigenvalue weighted by Gasteiger charge is 2.35. The predicted octanol–water partition coefficient (Wildman–Crippen LogP) is 1.74. The van der Waals surface area contributed by atoms with Gasteiger partial charge in [0.05, 0.1) is 0 Å². The quantitative estimate of drug-likeness (QED) is 0.841. The van der Waals surface area contributed by atoms with Crippen molar-refractivity contribution in [2.24, 2.45) is 5.73 Å². The SMILES string of the molecule is NC1CC1c1cccc(C(=O)N2CCCC2)c1. The van der Waals surface area contributed by atoms with Crippen LogP contribution in [0, 0.1) is 0 Å². The summed E-state index contributed by atoms with van der Waals surface area (Å²) < 4.78 is 0. The van der Waals surface area contributed by atoms with E-state index in [1.54, 1.807) is 0 Å². The zero-order valence-corrected chi connectivity index (χ0v) is 9.93. The summed E-state index contributed by atoms with van der Waals surface area (Å²) in [6.07, 6.45) is 3.33. The van der Waals surface area contributed by atoms with Gasteiger partial charge in [-0.1, -0.05) is 12.1 Å². The lowest BCUT2D eigenvalue weighted by molar-refractivity contribution is 0.0792. The Balaban J connectivity index is 1.80. The van der Waals surface area contributed by atoms with Crippen LogP contribution in [0.1, 0.15) is 41.1 Å². The third-order valence-corrected chi connectivity index (χ3v) is 3.79. The van der Waals surface area contributed by atoms with Gasteiger partial charge in [0.2, 0.25) is 0 Å². The van der Waals surface area contributed by atoms with E-state index in [0.29, 0.717) is 12.0 Å². The van der Waals surface area contributed by atoms with Crippen molar-refractivity contribution >= 4 is 5.91 Å². The number of amides is 1. The van der Waals surface area contributed by atoms with Crippen LogP contribution >= 0.6 is 0 Å². The molecule has 2 unspecified atom stereocenters. The first-order chi connectivity index (χ1) is 8.25. The average Bonchev–Trinajstić information content (AvgIpc) is 2.88. The Hall–Kier alpha value is -1.35. The van der Waals surface area contributed by atoms with Crippen LogP contribution in [-0.2, 0) is 0 Å². The molecule has 1 heterocycles. The first-order valence-corrected chi connectivity index (χ1v) is 6.40. The largest absolute Gasteiger partial charge is 0.339 e. The minimum atomic E-state index is 0.179. The number of carbonyl (C=O) groups is 1. The normalized spacial score (nSPS) is 27.2. The molecule has 2 atom stereocenters. The van der Waals surface area contributed by atoms with Crippen LogP contribution in [0.25, 0.3) is 0 Å². The van der Waals surface area contributed by atoms with E-state index < -0.39 is 0 Å². The number of rotatable bonds is 2. The van der Waals surface area contributed by atoms with E-state index in [0.717, 1.165) is 37.9 Å². The van der Waals surface area contributed by atoms with Gasteiger partial charge >= 0.3 is 0 Å². The van der Waals surface area contributed by atoms with Crippen molar-refractivity contribution < 1.29 is 4.79 Å². The molecule has 1 aliphatic carbocycles. The van der Waals surface area contributed by atoms with Crippen LogP contribution in [0.4, 0.5) is 0 Å². The van der Waals surface area contributed by atoms with Gasteiger partial charge in [0.15, 0.2) is 0 Å². The Morgan fingerprint density at radius 2 is 2.00 bits per heavy atom. The van der Waals surface area contributed by atoms with E-state index in [9.17, 15) is 4.79 Å². The summed E-state index contributed by atoms with van der Waals surface area (Å²) in [4.78, 5) is 14.2. The Morgan fingerprint density at radius 3 is 2.65 bits per heavy atom. The summed E-state index contributed by atoms with van der Waals surface area (Å²) in [7, 11) is 0. The summed E-state index contributed by atoms with van der Waals surface area (Å²) in [6, 6.07) is 8.30. The van der Waals surface area contributed by atoms with Crippen molar-refractivity contribution in [1.82, 2.24) is 4.90 Å². The molecule has 90 valence electrons. The van der Waals surface area contributed by atoms with E-state index in [2.05, 4.69) is 6.07 Å². The lowest BCUT2D eigenvalue weighted by Gasteiger charge is -2.15. The maximum atomic E-state index is 12.2. The highest BCUT2D eigenvalue weighted by atomic mass is 16.2. The van der Waals surface area contributed by atoms with Crippen molar-refractivity contribution in [2.75, 3.05) is 13.1 Å². The molecule has 1 aromatic rings. The van der Waals surface area contributed by atoms with E-state index in [1.807, 2.05) is 23.1 Å². The number of hydrogen-bond donors (Lipinski definition) is 1. The first kappa shape index (κ1) is 10.8. The van der Waals surface area contributed by atoms with Gasteiger partial charge in [-0.05, 0) is 37.0 Å². The topological polar surface area (TPSA) is 46.3 Å². The van der Waals surface area contributed by atoms with Crippen LogP contribution < -0.4 is 5.73 Å². The Kier molecular flexibility index (Phi) is 2.63. The highest BCUT2D eigenvalue weighted by Crippen LogP contribution is 2.39. The molecule has 1 amide bonds. The van der Waals surface area contributed by atoms with E-state index >= 15 is 0 Å². The number of nitrogens with zero attached hydrogens (tertiary/aromatic N) is 1. The maximum absolute atomic E-state index is 12.2. The third-order valence-electron chi connectivity index (χ3n) is 3.79. The van der Waals surface area contributed by atoms with Gasteiger partial charge in [-0.2, -0.15) is 0 Å². The molecule has 0 spiro atoms. The summed E-state index contributed by atoms with van der Waals surface area (Å²) in [5, 5.41) is 0. The van der Waals surface area contributed by atoms with Crippen molar-refractivity contribution in [1.29, 1.82) is 0 Å². The van der Waals surface area contributed by atoms with Gasteiger partial charge in [0, 0.05) is 30.6 Å². The van der Waals surface area contributed by atoms with Crippen LogP contribution in [0.5, 0.6) is 0 Å². The zero-order chi connectivity index (χ0) is 11.8. The third kappa shape index (κ3) is 2.07. The molecule has 2 N–H and O–H groups in total. The van der Waals surface area contributed by atoms with Crippen molar-refractivity contribution in [3.8, 4) is 0 Å². The molecule has 3 nitrogen and oxygen atoms in total. The van der Waals surface area contributed by atoms with Crippen molar-refractivity contribution in [3.63, 3.8) is 0 Å². The maximum Gasteiger partial charge on any atom is 0.253 e. The van der Waals surface area contributed by atoms with E-state index in [1.165, 1.54) is 5.56 Å². The fraction of sp³-hybridized carbons (Fsp3) is 0.500. The van der Waals surface area contributed by atoms with Crippen LogP contribution in [0.3, 0.4) is 0 Å². The second-order valence-corrected chi connectivity index (χ2v) is 5.13. The van der Waals surface area contributed by atoms with Gasteiger partial charge in [0.25, 0.3) is 5.91 Å². The minimum absolute atomic E-state index is 0.179. The molecule has 3 heteroatoms.